The zero-order chi connectivity index (χ0) is 93.4. The second-order valence-corrected chi connectivity index (χ2v) is 37.3. The molecule has 30 aromatic rings. The largest absolute Gasteiger partial charge is 0.309 e. The van der Waals surface area contributed by atoms with Crippen LogP contribution in [0, 0.1) is 0 Å². The van der Waals surface area contributed by atoms with Gasteiger partial charge in [-0.3, -0.25) is 0 Å². The SMILES string of the molecule is c1ccc(-c2ccc(-n3c4ccccc4c4c(-c5cccc6c7ccccc7n(-c7ccc8ccccc8c7)c56)cccc43)cc2)cc1.c1ccc(-c2cccc(-n3c4ccccc4c4c(-c5cccc6c7ccccc7n(-c7ccc8ccccc8c7)c56)cccc43)c2)cc1.c1ccc2cc(-n3c4ccccc4c4c(-c5cccc6c7ccccc7n(-c7ccc8ccccc8c7)c56)cccc43)ccc2c1. The molecule has 0 aliphatic rings. The maximum atomic E-state index is 2.47. The monoisotopic (exact) mass is 1800 g/mol. The Morgan fingerprint density at radius 1 is 0.106 bits per heavy atom. The highest BCUT2D eigenvalue weighted by molar-refractivity contribution is 6.25. The highest BCUT2D eigenvalue weighted by Gasteiger charge is 2.27. The van der Waals surface area contributed by atoms with Crippen LogP contribution in [-0.4, -0.2) is 27.4 Å². The summed E-state index contributed by atoms with van der Waals surface area (Å²) in [6.07, 6.45) is 0. The van der Waals surface area contributed by atoms with Gasteiger partial charge in [0.15, 0.2) is 0 Å². The van der Waals surface area contributed by atoms with Gasteiger partial charge in [-0.05, 0) is 209 Å². The van der Waals surface area contributed by atoms with Gasteiger partial charge in [0.1, 0.15) is 0 Å². The summed E-state index contributed by atoms with van der Waals surface area (Å²) in [4.78, 5) is 0. The minimum atomic E-state index is 1.15. The summed E-state index contributed by atoms with van der Waals surface area (Å²) >= 11 is 0. The fraction of sp³-hybridized carbons (Fsp3) is 0. The first-order valence-electron chi connectivity index (χ1n) is 48.9. The van der Waals surface area contributed by atoms with Crippen LogP contribution in [0.15, 0.2) is 534 Å². The molecule has 0 saturated heterocycles. The molecule has 0 atom stereocenters. The number of hydrogen-bond donors (Lipinski definition) is 0. The molecule has 662 valence electrons. The molecule has 0 amide bonds. The third kappa shape index (κ3) is 13.3. The van der Waals surface area contributed by atoms with Crippen molar-refractivity contribution < 1.29 is 0 Å². The van der Waals surface area contributed by atoms with Crippen LogP contribution in [0.25, 0.3) is 264 Å². The van der Waals surface area contributed by atoms with Crippen molar-refractivity contribution in [2.24, 2.45) is 0 Å². The standard InChI is InChI=1S/2C46H30N2.C44H28N2/c1-2-13-31(14-3-1)34-17-10-18-35(29-34)47-43-25-9-7-20-41(43)45-38(21-12-26-44(45)47)40-23-11-22-39-37-19-6-8-24-42(37)48(46(39)40)36-28-27-32-15-4-5-16-33(32)30-36;1-2-12-31(13-3-1)33-24-27-35(28-25-33)47-43-22-9-7-17-41(43)45-38(18-11-23-44(45)47)40-20-10-19-39-37-16-6-8-21-42(37)48(46(39)40)36-29-26-32-14-4-5-15-34(32)30-36;1-3-13-31-27-33(25-23-29(31)11-1)45-41-21-8-6-16-39(41)43-36(17-10-22-42(43)45)38-19-9-18-37-35-15-5-7-20-40(35)46(44(37)38)34-26-24-30-12-2-4-14-32(30)28-34/h2*1-30H;1-28H. The summed E-state index contributed by atoms with van der Waals surface area (Å²) in [6.45, 7) is 0. The Kier molecular flexibility index (Phi) is 19.2. The first-order chi connectivity index (χ1) is 70.5. The molecule has 0 aliphatic carbocycles. The van der Waals surface area contributed by atoms with E-state index >= 15 is 0 Å². The highest BCUT2D eigenvalue weighted by atomic mass is 15.0. The molecule has 0 saturated carbocycles. The van der Waals surface area contributed by atoms with Crippen LogP contribution in [0.4, 0.5) is 0 Å². The summed E-state index contributed by atoms with van der Waals surface area (Å²) in [5.41, 5.74) is 33.8. The van der Waals surface area contributed by atoms with Crippen molar-refractivity contribution in [3.63, 3.8) is 0 Å². The van der Waals surface area contributed by atoms with Gasteiger partial charge in [-0.25, -0.2) is 0 Å². The van der Waals surface area contributed by atoms with E-state index in [9.17, 15) is 0 Å². The second-order valence-electron chi connectivity index (χ2n) is 37.3. The molecule has 0 fully saturated rings. The summed E-state index contributed by atoms with van der Waals surface area (Å²) in [5.74, 6) is 0. The summed E-state index contributed by atoms with van der Waals surface area (Å²) in [6, 6.07) is 194. The normalized spacial score (nSPS) is 11.8. The summed E-state index contributed by atoms with van der Waals surface area (Å²) in [7, 11) is 0. The molecule has 0 spiro atoms. The van der Waals surface area contributed by atoms with Crippen molar-refractivity contribution in [2.75, 3.05) is 0 Å². The Morgan fingerprint density at radius 3 is 0.669 bits per heavy atom. The van der Waals surface area contributed by atoms with Crippen LogP contribution < -0.4 is 0 Å². The van der Waals surface area contributed by atoms with Gasteiger partial charge in [0.25, 0.3) is 0 Å². The number of benzene rings is 24. The lowest BCUT2D eigenvalue weighted by molar-refractivity contribution is 1.18. The fourth-order valence-electron chi connectivity index (χ4n) is 23.2. The molecule has 30 rings (SSSR count). The van der Waals surface area contributed by atoms with Crippen molar-refractivity contribution in [3.05, 3.63) is 534 Å². The van der Waals surface area contributed by atoms with Gasteiger partial charge in [0.05, 0.1) is 66.2 Å². The second kappa shape index (κ2) is 33.5. The fourth-order valence-corrected chi connectivity index (χ4v) is 23.2. The third-order valence-electron chi connectivity index (χ3n) is 29.5. The molecule has 24 aromatic carbocycles. The molecule has 0 aliphatic heterocycles. The first kappa shape index (κ1) is 81.5. The number of hydrogen-bond acceptors (Lipinski definition) is 0. The van der Waals surface area contributed by atoms with Crippen LogP contribution in [0.2, 0.25) is 0 Å². The van der Waals surface area contributed by atoms with Crippen molar-refractivity contribution in [3.8, 4) is 89.8 Å². The van der Waals surface area contributed by atoms with Gasteiger partial charge in [-0.2, -0.15) is 0 Å². The lowest BCUT2D eigenvalue weighted by atomic mass is 9.97. The minimum absolute atomic E-state index is 1.15. The van der Waals surface area contributed by atoms with E-state index in [2.05, 4.69) is 561 Å². The Bertz CT molecular complexity index is 10300. The van der Waals surface area contributed by atoms with Crippen LogP contribution in [-0.2, 0) is 0 Å². The number of fused-ring (bicyclic) bond motifs is 22. The quantitative estimate of drug-likeness (QED) is 0.124. The van der Waals surface area contributed by atoms with Gasteiger partial charge in [-0.1, -0.05) is 406 Å². The molecule has 6 heteroatoms. The lowest BCUT2D eigenvalue weighted by Gasteiger charge is -2.14. The maximum Gasteiger partial charge on any atom is 0.0619 e. The van der Waals surface area contributed by atoms with E-state index in [1.54, 1.807) is 0 Å². The van der Waals surface area contributed by atoms with Crippen molar-refractivity contribution >= 4 is 174 Å². The predicted molar refractivity (Wildman–Crippen MR) is 603 cm³/mol. The van der Waals surface area contributed by atoms with E-state index in [1.165, 1.54) is 252 Å². The minimum Gasteiger partial charge on any atom is -0.309 e. The van der Waals surface area contributed by atoms with Gasteiger partial charge >= 0.3 is 0 Å². The smallest absolute Gasteiger partial charge is 0.0619 e. The summed E-state index contributed by atoms with van der Waals surface area (Å²) in [5, 5.41) is 25.1. The van der Waals surface area contributed by atoms with E-state index in [0.717, 1.165) is 11.4 Å². The van der Waals surface area contributed by atoms with Gasteiger partial charge in [0, 0.05) is 115 Å². The average molecular weight is 1810 g/mol. The Hall–Kier alpha value is -18.9. The topological polar surface area (TPSA) is 29.6 Å². The summed E-state index contributed by atoms with van der Waals surface area (Å²) < 4.78 is 14.7. The molecule has 0 unspecified atom stereocenters. The van der Waals surface area contributed by atoms with E-state index in [1.807, 2.05) is 0 Å². The Balaban J connectivity index is 0.000000104. The highest BCUT2D eigenvalue weighted by Crippen LogP contribution is 2.50. The van der Waals surface area contributed by atoms with E-state index in [0.29, 0.717) is 0 Å². The molecular weight excluding hydrogens is 1720 g/mol. The van der Waals surface area contributed by atoms with E-state index in [4.69, 9.17) is 0 Å². The zero-order valence-electron chi connectivity index (χ0n) is 77.5. The van der Waals surface area contributed by atoms with E-state index < -0.39 is 0 Å². The molecule has 6 aromatic heterocycles. The number of para-hydroxylation sites is 9. The number of aromatic nitrogens is 6. The maximum absolute atomic E-state index is 2.47. The van der Waals surface area contributed by atoms with Gasteiger partial charge in [0.2, 0.25) is 0 Å². The molecule has 0 N–H and O–H groups in total. The lowest BCUT2D eigenvalue weighted by Crippen LogP contribution is -1.96. The molecular formula is C136H88N6. The van der Waals surface area contributed by atoms with Crippen LogP contribution in [0.1, 0.15) is 0 Å². The molecule has 0 radical (unpaired) electrons. The zero-order valence-corrected chi connectivity index (χ0v) is 77.5. The Labute approximate surface area is 819 Å². The number of rotatable bonds is 11. The van der Waals surface area contributed by atoms with Gasteiger partial charge < -0.3 is 27.4 Å². The molecule has 142 heavy (non-hydrogen) atoms. The van der Waals surface area contributed by atoms with Crippen LogP contribution in [0.3, 0.4) is 0 Å². The van der Waals surface area contributed by atoms with Gasteiger partial charge in [-0.15, -0.1) is 0 Å². The molecule has 6 heterocycles. The third-order valence-corrected chi connectivity index (χ3v) is 29.5. The predicted octanol–water partition coefficient (Wildman–Crippen LogP) is 36.6. The Morgan fingerprint density at radius 2 is 0.324 bits per heavy atom. The van der Waals surface area contributed by atoms with Crippen LogP contribution >= 0.6 is 0 Å². The van der Waals surface area contributed by atoms with E-state index in [-0.39, 0.29) is 0 Å². The van der Waals surface area contributed by atoms with Crippen molar-refractivity contribution in [2.45, 2.75) is 0 Å². The van der Waals surface area contributed by atoms with Crippen molar-refractivity contribution in [1.82, 2.24) is 27.4 Å². The first-order valence-corrected chi connectivity index (χ1v) is 48.9. The van der Waals surface area contributed by atoms with Crippen molar-refractivity contribution in [1.29, 1.82) is 0 Å². The molecule has 6 nitrogen and oxygen atoms in total. The van der Waals surface area contributed by atoms with Crippen LogP contribution in [0.5, 0.6) is 0 Å². The number of nitrogens with zero attached hydrogens (tertiary/aromatic N) is 6. The molecule has 0 bridgehead atoms. The average Bonchev–Trinajstić information content (AvgIpc) is 1.57.